The van der Waals surface area contributed by atoms with Gasteiger partial charge in [0, 0.05) is 24.2 Å². The van der Waals surface area contributed by atoms with Crippen LogP contribution >= 0.6 is 0 Å². The third kappa shape index (κ3) is 8.13. The number of anilines is 1. The van der Waals surface area contributed by atoms with E-state index in [0.717, 1.165) is 42.5 Å². The van der Waals surface area contributed by atoms with Gasteiger partial charge in [0.2, 0.25) is 11.8 Å². The highest BCUT2D eigenvalue weighted by Gasteiger charge is 2.34. The van der Waals surface area contributed by atoms with Crippen molar-refractivity contribution in [3.8, 4) is 11.5 Å². The van der Waals surface area contributed by atoms with E-state index in [0.29, 0.717) is 22.6 Å². The number of benzene rings is 3. The molecule has 1 aliphatic rings. The molecule has 1 N–H and O–H groups in total. The first-order valence-corrected chi connectivity index (χ1v) is 16.5. The van der Waals surface area contributed by atoms with Crippen molar-refractivity contribution in [1.82, 2.24) is 10.2 Å². The summed E-state index contributed by atoms with van der Waals surface area (Å²) in [6.07, 6.45) is 4.85. The zero-order valence-electron chi connectivity index (χ0n) is 26.5. The third-order valence-corrected chi connectivity index (χ3v) is 9.98. The van der Waals surface area contributed by atoms with Crippen molar-refractivity contribution in [2.75, 3.05) is 25.1 Å². The average molecular weight is 653 g/mol. The quantitative estimate of drug-likeness (QED) is 0.201. The van der Waals surface area contributed by atoms with Gasteiger partial charge in [-0.3, -0.25) is 24.0 Å². The van der Waals surface area contributed by atoms with E-state index in [4.69, 9.17) is 9.47 Å². The van der Waals surface area contributed by atoms with Crippen LogP contribution in [0.4, 0.5) is 11.4 Å². The molecule has 1 atom stereocenters. The molecule has 0 heterocycles. The lowest BCUT2D eigenvalue weighted by molar-refractivity contribution is -0.385. The Morgan fingerprint density at radius 3 is 2.28 bits per heavy atom. The smallest absolute Gasteiger partial charge is 0.273 e. The summed E-state index contributed by atoms with van der Waals surface area (Å²) < 4.78 is 39.8. The van der Waals surface area contributed by atoms with Gasteiger partial charge in [0.15, 0.2) is 0 Å². The second-order valence-electron chi connectivity index (χ2n) is 11.3. The van der Waals surface area contributed by atoms with Gasteiger partial charge >= 0.3 is 0 Å². The van der Waals surface area contributed by atoms with Crippen molar-refractivity contribution in [2.24, 2.45) is 0 Å². The number of nitrogens with zero attached hydrogens (tertiary/aromatic N) is 3. The number of carbonyl (C=O) groups is 2. The number of rotatable bonds is 13. The summed E-state index contributed by atoms with van der Waals surface area (Å²) >= 11 is 0. The highest BCUT2D eigenvalue weighted by atomic mass is 32.2. The molecular formula is C33H40N4O8S. The van der Waals surface area contributed by atoms with E-state index >= 15 is 0 Å². The molecule has 13 heteroatoms. The second-order valence-corrected chi connectivity index (χ2v) is 13.2. The molecule has 3 aromatic carbocycles. The van der Waals surface area contributed by atoms with Gasteiger partial charge in [0.05, 0.1) is 29.7 Å². The number of methoxy groups -OCH3 is 2. The summed E-state index contributed by atoms with van der Waals surface area (Å²) in [5.74, 6) is 0.0462. The number of hydrogen-bond donors (Lipinski definition) is 1. The topological polar surface area (TPSA) is 148 Å². The van der Waals surface area contributed by atoms with Gasteiger partial charge in [-0.25, -0.2) is 8.42 Å². The molecule has 2 amide bonds. The average Bonchev–Trinajstić information content (AvgIpc) is 3.06. The van der Waals surface area contributed by atoms with Crippen molar-refractivity contribution in [3.05, 3.63) is 88.0 Å². The number of nitro groups is 1. The van der Waals surface area contributed by atoms with E-state index in [1.54, 1.807) is 43.3 Å². The predicted molar refractivity (Wildman–Crippen MR) is 173 cm³/mol. The van der Waals surface area contributed by atoms with Crippen LogP contribution in [0.1, 0.15) is 50.2 Å². The fourth-order valence-electron chi connectivity index (χ4n) is 5.47. The van der Waals surface area contributed by atoms with Crippen LogP contribution in [-0.2, 0) is 26.2 Å². The van der Waals surface area contributed by atoms with Gasteiger partial charge in [-0.15, -0.1) is 0 Å². The fraction of sp³-hybridized carbons (Fsp3) is 0.394. The van der Waals surface area contributed by atoms with Gasteiger partial charge in [-0.2, -0.15) is 0 Å². The molecule has 0 bridgehead atoms. The molecule has 0 saturated heterocycles. The van der Waals surface area contributed by atoms with Crippen molar-refractivity contribution < 1.29 is 32.4 Å². The first-order valence-electron chi connectivity index (χ1n) is 15.1. The standard InChI is InChI=1S/C33H40N4O8S/c1-23-13-18-30(20-31(23)37(40)41)46(42,43)36(27-14-16-28(44-3)17-15-27)22-32(38)35(21-25-9-8-12-29(19-25)45-4)24(2)33(39)34-26-10-6-5-7-11-26/h8-9,12-20,24,26H,5-7,10-11,21-22H2,1-4H3,(H,34,39). The first-order chi connectivity index (χ1) is 21.9. The molecule has 0 aliphatic heterocycles. The Hall–Kier alpha value is -4.65. The summed E-state index contributed by atoms with van der Waals surface area (Å²) in [6.45, 7) is 2.45. The Bertz CT molecular complexity index is 1660. The van der Waals surface area contributed by atoms with Gasteiger partial charge in [0.1, 0.15) is 24.1 Å². The highest BCUT2D eigenvalue weighted by Crippen LogP contribution is 2.30. The minimum Gasteiger partial charge on any atom is -0.497 e. The van der Waals surface area contributed by atoms with E-state index in [-0.39, 0.29) is 34.8 Å². The maximum Gasteiger partial charge on any atom is 0.273 e. The number of hydrogen-bond acceptors (Lipinski definition) is 8. The van der Waals surface area contributed by atoms with E-state index in [2.05, 4.69) is 5.32 Å². The number of nitrogens with one attached hydrogen (secondary N) is 1. The number of ether oxygens (including phenoxy) is 2. The molecule has 1 saturated carbocycles. The largest absolute Gasteiger partial charge is 0.497 e. The van der Waals surface area contributed by atoms with Gasteiger partial charge in [0.25, 0.3) is 15.7 Å². The number of nitro benzene ring substituents is 1. The minimum atomic E-state index is -4.51. The molecule has 1 fully saturated rings. The number of carbonyl (C=O) groups excluding carboxylic acids is 2. The Labute approximate surface area is 269 Å². The van der Waals surface area contributed by atoms with Crippen LogP contribution in [0.15, 0.2) is 71.6 Å². The molecule has 0 radical (unpaired) electrons. The van der Waals surface area contributed by atoms with Crippen molar-refractivity contribution in [3.63, 3.8) is 0 Å². The molecule has 3 aromatic rings. The van der Waals surface area contributed by atoms with Crippen LogP contribution in [0.3, 0.4) is 0 Å². The van der Waals surface area contributed by atoms with Crippen LogP contribution in [0.25, 0.3) is 0 Å². The van der Waals surface area contributed by atoms with Gasteiger partial charge in [-0.05, 0) is 74.7 Å². The summed E-state index contributed by atoms with van der Waals surface area (Å²) in [5.41, 5.74) is 0.740. The molecule has 46 heavy (non-hydrogen) atoms. The fourth-order valence-corrected chi connectivity index (χ4v) is 6.90. The van der Waals surface area contributed by atoms with E-state index in [1.807, 2.05) is 0 Å². The van der Waals surface area contributed by atoms with Crippen molar-refractivity contribution in [2.45, 2.75) is 69.5 Å². The van der Waals surface area contributed by atoms with Crippen LogP contribution < -0.4 is 19.1 Å². The summed E-state index contributed by atoms with van der Waals surface area (Å²) in [5, 5.41) is 14.7. The third-order valence-electron chi connectivity index (χ3n) is 8.21. The molecule has 1 aliphatic carbocycles. The summed E-state index contributed by atoms with van der Waals surface area (Å²) in [7, 11) is -1.52. The van der Waals surface area contributed by atoms with E-state index < -0.39 is 33.4 Å². The molecular weight excluding hydrogens is 612 g/mol. The number of aryl methyl sites for hydroxylation is 1. The first kappa shape index (κ1) is 34.2. The lowest BCUT2D eigenvalue weighted by Crippen LogP contribution is -2.53. The van der Waals surface area contributed by atoms with Crippen LogP contribution in [0, 0.1) is 17.0 Å². The lowest BCUT2D eigenvalue weighted by Gasteiger charge is -2.33. The Balaban J connectivity index is 1.73. The zero-order chi connectivity index (χ0) is 33.4. The van der Waals surface area contributed by atoms with Crippen LogP contribution in [-0.4, -0.2) is 62.9 Å². The molecule has 4 rings (SSSR count). The predicted octanol–water partition coefficient (Wildman–Crippen LogP) is 4.98. The lowest BCUT2D eigenvalue weighted by atomic mass is 9.95. The van der Waals surface area contributed by atoms with E-state index in [1.165, 1.54) is 50.3 Å². The van der Waals surface area contributed by atoms with Crippen LogP contribution in [0.2, 0.25) is 0 Å². The summed E-state index contributed by atoms with van der Waals surface area (Å²) in [4.78, 5) is 39.7. The molecule has 246 valence electrons. The molecule has 12 nitrogen and oxygen atoms in total. The highest BCUT2D eigenvalue weighted by molar-refractivity contribution is 7.92. The van der Waals surface area contributed by atoms with Crippen molar-refractivity contribution in [1.29, 1.82) is 0 Å². The van der Waals surface area contributed by atoms with Gasteiger partial charge < -0.3 is 19.7 Å². The summed E-state index contributed by atoms with van der Waals surface area (Å²) in [6, 6.07) is 15.8. The Morgan fingerprint density at radius 1 is 0.978 bits per heavy atom. The van der Waals surface area contributed by atoms with E-state index in [9.17, 15) is 28.1 Å². The Morgan fingerprint density at radius 2 is 1.65 bits per heavy atom. The number of sulfonamides is 1. The van der Waals surface area contributed by atoms with Crippen molar-refractivity contribution >= 4 is 33.2 Å². The van der Waals surface area contributed by atoms with Gasteiger partial charge in [-0.1, -0.05) is 37.5 Å². The molecule has 1 unspecified atom stereocenters. The Kier molecular flexibility index (Phi) is 11.2. The zero-order valence-corrected chi connectivity index (χ0v) is 27.3. The number of amides is 2. The normalized spacial score (nSPS) is 14.2. The molecule has 0 spiro atoms. The van der Waals surface area contributed by atoms with Crippen LogP contribution in [0.5, 0.6) is 11.5 Å². The SMILES string of the molecule is COc1ccc(N(CC(=O)N(Cc2cccc(OC)c2)C(C)C(=O)NC2CCCCC2)S(=O)(=O)c2ccc(C)c([N+](=O)[O-])c2)cc1. The monoisotopic (exact) mass is 652 g/mol. The maximum absolute atomic E-state index is 14.2. The maximum atomic E-state index is 14.2. The second kappa shape index (κ2) is 15.1. The molecule has 0 aromatic heterocycles. The minimum absolute atomic E-state index is 0.00178.